The minimum atomic E-state index is -4.65. The van der Waals surface area contributed by atoms with E-state index in [2.05, 4.69) is 15.3 Å². The van der Waals surface area contributed by atoms with E-state index < -0.39 is 29.4 Å². The van der Waals surface area contributed by atoms with Crippen LogP contribution in [-0.4, -0.2) is 15.9 Å². The third-order valence-corrected chi connectivity index (χ3v) is 5.30. The molecule has 10 heteroatoms. The molecule has 1 fully saturated rings. The van der Waals surface area contributed by atoms with Gasteiger partial charge in [0.25, 0.3) is 5.91 Å². The maximum Gasteiger partial charge on any atom is 0.418 e. The van der Waals surface area contributed by atoms with Crippen LogP contribution in [0.2, 0.25) is 0 Å². The van der Waals surface area contributed by atoms with Crippen molar-refractivity contribution in [3.63, 3.8) is 0 Å². The third-order valence-electron chi connectivity index (χ3n) is 5.30. The van der Waals surface area contributed by atoms with Crippen LogP contribution in [0.4, 0.5) is 26.3 Å². The molecule has 1 aliphatic carbocycles. The molecule has 1 aromatic carbocycles. The van der Waals surface area contributed by atoms with E-state index in [-0.39, 0.29) is 29.4 Å². The largest absolute Gasteiger partial charge is 0.418 e. The van der Waals surface area contributed by atoms with Gasteiger partial charge >= 0.3 is 12.4 Å². The van der Waals surface area contributed by atoms with Crippen molar-refractivity contribution in [1.29, 1.82) is 0 Å². The summed E-state index contributed by atoms with van der Waals surface area (Å²) in [6.07, 6.45) is -6.58. The van der Waals surface area contributed by atoms with Crippen LogP contribution < -0.4 is 5.32 Å². The molecule has 0 radical (unpaired) electrons. The van der Waals surface area contributed by atoms with Crippen molar-refractivity contribution in [2.24, 2.45) is 0 Å². The molecular formula is C22H17F6N3O. The number of hydrogen-bond donors (Lipinski definition) is 1. The fourth-order valence-corrected chi connectivity index (χ4v) is 3.51. The van der Waals surface area contributed by atoms with Crippen LogP contribution in [0.3, 0.4) is 0 Å². The Labute approximate surface area is 178 Å². The lowest BCUT2D eigenvalue weighted by atomic mass is 9.98. The van der Waals surface area contributed by atoms with Crippen molar-refractivity contribution in [2.45, 2.75) is 44.6 Å². The van der Waals surface area contributed by atoms with E-state index in [1.165, 1.54) is 6.07 Å². The number of alkyl halides is 6. The summed E-state index contributed by atoms with van der Waals surface area (Å²) in [5.41, 5.74) is -1.41. The normalized spacial score (nSPS) is 14.6. The fourth-order valence-electron chi connectivity index (χ4n) is 3.51. The Hall–Kier alpha value is -3.17. The van der Waals surface area contributed by atoms with Crippen LogP contribution >= 0.6 is 0 Å². The molecule has 2 aromatic heterocycles. The molecule has 0 spiro atoms. The van der Waals surface area contributed by atoms with Gasteiger partial charge in [0, 0.05) is 11.6 Å². The van der Waals surface area contributed by atoms with Gasteiger partial charge in [0.15, 0.2) is 0 Å². The highest BCUT2D eigenvalue weighted by molar-refractivity contribution is 5.96. The van der Waals surface area contributed by atoms with Gasteiger partial charge in [-0.15, -0.1) is 0 Å². The smallest absolute Gasteiger partial charge is 0.345 e. The Morgan fingerprint density at radius 1 is 1.06 bits per heavy atom. The molecule has 0 atom stereocenters. The van der Waals surface area contributed by atoms with Gasteiger partial charge in [-0.05, 0) is 67.1 Å². The lowest BCUT2D eigenvalue weighted by Crippen LogP contribution is -2.25. The van der Waals surface area contributed by atoms with Crippen LogP contribution in [0.15, 0.2) is 36.5 Å². The van der Waals surface area contributed by atoms with Gasteiger partial charge in [-0.3, -0.25) is 9.78 Å². The number of rotatable bonds is 4. The lowest BCUT2D eigenvalue weighted by molar-refractivity contribution is -0.138. The molecule has 0 bridgehead atoms. The van der Waals surface area contributed by atoms with Crippen molar-refractivity contribution in [3.8, 4) is 0 Å². The average Bonchev–Trinajstić information content (AvgIpc) is 3.55. The second kappa shape index (κ2) is 7.75. The molecule has 1 aliphatic rings. The molecule has 0 unspecified atom stereocenters. The quantitative estimate of drug-likeness (QED) is 0.510. The van der Waals surface area contributed by atoms with Crippen LogP contribution in [-0.2, 0) is 18.9 Å². The first-order valence-corrected chi connectivity index (χ1v) is 9.76. The molecule has 1 amide bonds. The summed E-state index contributed by atoms with van der Waals surface area (Å²) in [4.78, 5) is 20.3. The number of amides is 1. The van der Waals surface area contributed by atoms with Crippen LogP contribution in [0.25, 0.3) is 10.9 Å². The Morgan fingerprint density at radius 2 is 1.78 bits per heavy atom. The SMILES string of the molecule is Cc1cc(C(=O)NCc2cc(C(F)(F)F)ccn2)nc2c(C(F)(F)F)cc(C3CC3)cc12. The molecule has 168 valence electrons. The molecule has 1 saturated carbocycles. The number of nitrogens with one attached hydrogen (secondary N) is 1. The number of carbonyl (C=O) groups excluding carboxylic acids is 1. The number of aromatic nitrogens is 2. The maximum atomic E-state index is 13.7. The first-order valence-electron chi connectivity index (χ1n) is 9.76. The van der Waals surface area contributed by atoms with E-state index in [4.69, 9.17) is 0 Å². The summed E-state index contributed by atoms with van der Waals surface area (Å²) >= 11 is 0. The number of fused-ring (bicyclic) bond motifs is 1. The number of nitrogens with zero attached hydrogens (tertiary/aromatic N) is 2. The van der Waals surface area contributed by atoms with Crippen molar-refractivity contribution >= 4 is 16.8 Å². The number of halogens is 6. The Kier molecular flexibility index (Phi) is 5.34. The van der Waals surface area contributed by atoms with Crippen molar-refractivity contribution in [2.75, 3.05) is 0 Å². The van der Waals surface area contributed by atoms with Gasteiger partial charge < -0.3 is 5.32 Å². The summed E-state index contributed by atoms with van der Waals surface area (Å²) in [7, 11) is 0. The molecular weight excluding hydrogens is 436 g/mol. The molecule has 4 nitrogen and oxygen atoms in total. The highest BCUT2D eigenvalue weighted by Gasteiger charge is 2.36. The lowest BCUT2D eigenvalue weighted by Gasteiger charge is -2.15. The molecule has 1 N–H and O–H groups in total. The molecule has 0 saturated heterocycles. The van der Waals surface area contributed by atoms with Crippen LogP contribution in [0.1, 0.15) is 57.2 Å². The number of aryl methyl sites for hydroxylation is 1. The Balaban J connectivity index is 1.64. The van der Waals surface area contributed by atoms with E-state index in [1.54, 1.807) is 13.0 Å². The van der Waals surface area contributed by atoms with Gasteiger partial charge in [0.1, 0.15) is 5.69 Å². The summed E-state index contributed by atoms with van der Waals surface area (Å²) in [5.74, 6) is -0.712. The zero-order valence-electron chi connectivity index (χ0n) is 16.7. The average molecular weight is 453 g/mol. The first kappa shape index (κ1) is 22.0. The van der Waals surface area contributed by atoms with E-state index in [0.29, 0.717) is 16.5 Å². The molecule has 2 heterocycles. The monoisotopic (exact) mass is 453 g/mol. The summed E-state index contributed by atoms with van der Waals surface area (Å²) in [5, 5.41) is 2.69. The summed E-state index contributed by atoms with van der Waals surface area (Å²) in [6, 6.07) is 5.72. The van der Waals surface area contributed by atoms with Crippen molar-refractivity contribution < 1.29 is 31.1 Å². The van der Waals surface area contributed by atoms with Gasteiger partial charge in [0.2, 0.25) is 0 Å². The molecule has 3 aromatic rings. The predicted molar refractivity (Wildman–Crippen MR) is 104 cm³/mol. The van der Waals surface area contributed by atoms with Crippen LogP contribution in [0.5, 0.6) is 0 Å². The zero-order chi connectivity index (χ0) is 23.3. The second-order valence-electron chi connectivity index (χ2n) is 7.78. The fraction of sp³-hybridized carbons (Fsp3) is 0.318. The minimum absolute atomic E-state index is 0.0456. The number of pyridine rings is 2. The summed E-state index contributed by atoms with van der Waals surface area (Å²) < 4.78 is 79.6. The molecule has 32 heavy (non-hydrogen) atoms. The van der Waals surface area contributed by atoms with E-state index in [0.717, 1.165) is 37.2 Å². The molecule has 4 rings (SSSR count). The first-order chi connectivity index (χ1) is 14.9. The minimum Gasteiger partial charge on any atom is -0.345 e. The van der Waals surface area contributed by atoms with E-state index in [1.807, 2.05) is 0 Å². The van der Waals surface area contributed by atoms with Crippen molar-refractivity contribution in [3.05, 3.63) is 70.2 Å². The number of hydrogen-bond acceptors (Lipinski definition) is 3. The number of carbonyl (C=O) groups is 1. The highest BCUT2D eigenvalue weighted by Crippen LogP contribution is 2.44. The Bertz CT molecular complexity index is 1200. The molecule has 0 aliphatic heterocycles. The third kappa shape index (κ3) is 4.53. The topological polar surface area (TPSA) is 54.9 Å². The summed E-state index contributed by atoms with van der Waals surface area (Å²) in [6.45, 7) is 1.25. The standard InChI is InChI=1S/C22H17F6N3O/c1-11-6-18(20(32)30-10-15-9-14(4-5-29-15)21(23,24)25)31-19-16(11)7-13(12-2-3-12)8-17(19)22(26,27)28/h4-9,12H,2-3,10H2,1H3,(H,30,32). The number of benzene rings is 1. The second-order valence-corrected chi connectivity index (χ2v) is 7.78. The highest BCUT2D eigenvalue weighted by atomic mass is 19.4. The van der Waals surface area contributed by atoms with Gasteiger partial charge in [0.05, 0.1) is 28.9 Å². The predicted octanol–water partition coefficient (Wildman–Crippen LogP) is 5.78. The van der Waals surface area contributed by atoms with Crippen LogP contribution in [0, 0.1) is 6.92 Å². The van der Waals surface area contributed by atoms with Crippen molar-refractivity contribution in [1.82, 2.24) is 15.3 Å². The van der Waals surface area contributed by atoms with E-state index >= 15 is 0 Å². The van der Waals surface area contributed by atoms with Gasteiger partial charge in [-0.25, -0.2) is 4.98 Å². The maximum absolute atomic E-state index is 13.7. The van der Waals surface area contributed by atoms with E-state index in [9.17, 15) is 31.1 Å². The van der Waals surface area contributed by atoms with Gasteiger partial charge in [-0.1, -0.05) is 0 Å². The zero-order valence-corrected chi connectivity index (χ0v) is 16.7. The van der Waals surface area contributed by atoms with Gasteiger partial charge in [-0.2, -0.15) is 26.3 Å². The Morgan fingerprint density at radius 3 is 2.41 bits per heavy atom.